The highest BCUT2D eigenvalue weighted by molar-refractivity contribution is 14.1. The van der Waals surface area contributed by atoms with Crippen LogP contribution in [0.15, 0.2) is 29.8 Å². The number of halogens is 3. The maximum Gasteiger partial charge on any atom is 0.252 e. The zero-order valence-electron chi connectivity index (χ0n) is 7.69. The van der Waals surface area contributed by atoms with Gasteiger partial charge in [-0.25, -0.2) is 4.39 Å². The molecule has 1 N–H and O–H groups in total. The molecule has 0 aliphatic heterocycles. The smallest absolute Gasteiger partial charge is 0.252 e. The largest absolute Gasteiger partial charge is 0.347 e. The van der Waals surface area contributed by atoms with Crippen molar-refractivity contribution in [2.75, 3.05) is 6.54 Å². The molecule has 0 spiro atoms. The van der Waals surface area contributed by atoms with Gasteiger partial charge in [0.25, 0.3) is 5.91 Å². The molecule has 0 aromatic heterocycles. The van der Waals surface area contributed by atoms with Crippen LogP contribution in [0.4, 0.5) is 4.39 Å². The number of hydrogen-bond donors (Lipinski definition) is 1. The van der Waals surface area contributed by atoms with E-state index in [1.807, 2.05) is 22.6 Å². The van der Waals surface area contributed by atoms with Crippen LogP contribution in [-0.2, 0) is 0 Å². The van der Waals surface area contributed by atoms with E-state index >= 15 is 0 Å². The van der Waals surface area contributed by atoms with Crippen molar-refractivity contribution >= 4 is 40.1 Å². The van der Waals surface area contributed by atoms with Gasteiger partial charge in [-0.1, -0.05) is 18.2 Å². The van der Waals surface area contributed by atoms with Crippen molar-refractivity contribution < 1.29 is 9.18 Å². The van der Waals surface area contributed by atoms with Gasteiger partial charge in [-0.15, -0.1) is 0 Å². The van der Waals surface area contributed by atoms with Gasteiger partial charge in [0.2, 0.25) is 0 Å². The lowest BCUT2D eigenvalue weighted by molar-refractivity contribution is 0.0956. The van der Waals surface area contributed by atoms with Crippen LogP contribution < -0.4 is 5.32 Å². The Balaban J connectivity index is 2.78. The molecule has 0 atom stereocenters. The van der Waals surface area contributed by atoms with Gasteiger partial charge >= 0.3 is 0 Å². The quantitative estimate of drug-likeness (QED) is 0.843. The molecule has 0 heterocycles. The van der Waals surface area contributed by atoms with Crippen molar-refractivity contribution in [1.82, 2.24) is 5.32 Å². The summed E-state index contributed by atoms with van der Waals surface area (Å²) < 4.78 is 13.3. The summed E-state index contributed by atoms with van der Waals surface area (Å²) >= 11 is 7.41. The lowest BCUT2D eigenvalue weighted by Gasteiger charge is -2.05. The molecule has 0 fully saturated rings. The molecule has 0 aliphatic carbocycles. The zero-order chi connectivity index (χ0) is 11.4. The first-order chi connectivity index (χ1) is 7.00. The topological polar surface area (TPSA) is 29.1 Å². The summed E-state index contributed by atoms with van der Waals surface area (Å²) in [6.07, 6.45) is 0. The Morgan fingerprint density at radius 3 is 2.80 bits per heavy atom. The van der Waals surface area contributed by atoms with Gasteiger partial charge in [-0.2, -0.15) is 0 Å². The highest BCUT2D eigenvalue weighted by atomic mass is 127. The van der Waals surface area contributed by atoms with Gasteiger partial charge in [-0.05, 0) is 40.8 Å². The predicted octanol–water partition coefficient (Wildman–Crippen LogP) is 2.91. The fraction of sp³-hybridized carbons (Fsp3) is 0.100. The lowest BCUT2D eigenvalue weighted by atomic mass is 10.2. The van der Waals surface area contributed by atoms with Crippen molar-refractivity contribution in [1.29, 1.82) is 0 Å². The zero-order valence-corrected chi connectivity index (χ0v) is 10.6. The van der Waals surface area contributed by atoms with Crippen LogP contribution in [-0.4, -0.2) is 12.5 Å². The van der Waals surface area contributed by atoms with E-state index in [0.717, 1.165) is 0 Å². The van der Waals surface area contributed by atoms with E-state index < -0.39 is 0 Å². The molecule has 1 aromatic carbocycles. The Morgan fingerprint density at radius 2 is 2.27 bits per heavy atom. The predicted molar refractivity (Wildman–Crippen MR) is 66.4 cm³/mol. The van der Waals surface area contributed by atoms with Crippen LogP contribution in [0.2, 0.25) is 0 Å². The number of rotatable bonds is 3. The third kappa shape index (κ3) is 3.79. The first-order valence-electron chi connectivity index (χ1n) is 4.07. The van der Waals surface area contributed by atoms with E-state index in [-0.39, 0.29) is 18.3 Å². The van der Waals surface area contributed by atoms with E-state index in [2.05, 4.69) is 11.9 Å². The van der Waals surface area contributed by atoms with Gasteiger partial charge < -0.3 is 5.32 Å². The second kappa shape index (κ2) is 5.46. The fourth-order valence-corrected chi connectivity index (χ4v) is 1.73. The third-order valence-corrected chi connectivity index (χ3v) is 2.64. The molecule has 1 amide bonds. The molecule has 0 bridgehead atoms. The minimum absolute atomic E-state index is 0.202. The summed E-state index contributed by atoms with van der Waals surface area (Å²) in [5, 5.41) is 2.91. The minimum Gasteiger partial charge on any atom is -0.347 e. The summed E-state index contributed by atoms with van der Waals surface area (Å²) in [6.45, 7) is 3.65. The Bertz CT molecular complexity index is 408. The summed E-state index contributed by atoms with van der Waals surface area (Å²) in [4.78, 5) is 11.5. The minimum atomic E-state index is -0.363. The molecule has 15 heavy (non-hydrogen) atoms. The monoisotopic (exact) mass is 339 g/mol. The Morgan fingerprint density at radius 1 is 1.60 bits per heavy atom. The standard InChI is InChI=1S/C10H8ClFINO/c1-6(11)5-14-10(15)8-3-2-7(12)4-9(8)13/h2-4H,1,5H2,(H,14,15). The van der Waals surface area contributed by atoms with Crippen LogP contribution in [0.1, 0.15) is 10.4 Å². The Labute approximate surface area is 106 Å². The Kier molecular flexibility index (Phi) is 4.53. The number of nitrogens with one attached hydrogen (secondary N) is 1. The van der Waals surface area contributed by atoms with Crippen molar-refractivity contribution in [3.8, 4) is 0 Å². The highest BCUT2D eigenvalue weighted by Gasteiger charge is 2.09. The number of hydrogen-bond acceptors (Lipinski definition) is 1. The highest BCUT2D eigenvalue weighted by Crippen LogP contribution is 2.13. The van der Waals surface area contributed by atoms with E-state index in [0.29, 0.717) is 14.2 Å². The second-order valence-corrected chi connectivity index (χ2v) is 4.52. The molecule has 0 saturated heterocycles. The van der Waals surface area contributed by atoms with Gasteiger partial charge in [-0.3, -0.25) is 4.79 Å². The van der Waals surface area contributed by atoms with Crippen LogP contribution in [0.25, 0.3) is 0 Å². The first-order valence-corrected chi connectivity index (χ1v) is 5.53. The lowest BCUT2D eigenvalue weighted by Crippen LogP contribution is -2.25. The molecule has 1 rings (SSSR count). The average molecular weight is 340 g/mol. The molecule has 2 nitrogen and oxygen atoms in total. The average Bonchev–Trinajstić information content (AvgIpc) is 2.14. The number of carbonyl (C=O) groups excluding carboxylic acids is 1. The third-order valence-electron chi connectivity index (χ3n) is 1.62. The van der Waals surface area contributed by atoms with E-state index in [4.69, 9.17) is 11.6 Å². The first kappa shape index (κ1) is 12.4. The van der Waals surface area contributed by atoms with Crippen molar-refractivity contribution in [3.05, 3.63) is 44.8 Å². The summed E-state index contributed by atoms with van der Waals surface area (Å²) in [5.41, 5.74) is 0.426. The second-order valence-electron chi connectivity index (χ2n) is 2.82. The van der Waals surface area contributed by atoms with Crippen molar-refractivity contribution in [3.63, 3.8) is 0 Å². The maximum atomic E-state index is 12.8. The van der Waals surface area contributed by atoms with Crippen molar-refractivity contribution in [2.45, 2.75) is 0 Å². The number of benzene rings is 1. The van der Waals surface area contributed by atoms with Gasteiger partial charge in [0.05, 0.1) is 12.1 Å². The molecule has 0 radical (unpaired) electrons. The van der Waals surface area contributed by atoms with Crippen LogP contribution in [0.3, 0.4) is 0 Å². The molecule has 5 heteroatoms. The number of amides is 1. The maximum absolute atomic E-state index is 12.8. The molecular formula is C10H8ClFINO. The molecule has 0 aliphatic rings. The van der Waals surface area contributed by atoms with Crippen LogP contribution >= 0.6 is 34.2 Å². The van der Waals surface area contributed by atoms with Crippen LogP contribution in [0, 0.1) is 9.39 Å². The Hall–Kier alpha value is -0.620. The number of carbonyl (C=O) groups is 1. The molecule has 80 valence electrons. The molecule has 0 unspecified atom stereocenters. The van der Waals surface area contributed by atoms with Crippen LogP contribution in [0.5, 0.6) is 0 Å². The van der Waals surface area contributed by atoms with E-state index in [1.54, 1.807) is 0 Å². The molecular weight excluding hydrogens is 331 g/mol. The van der Waals surface area contributed by atoms with E-state index in [9.17, 15) is 9.18 Å². The van der Waals surface area contributed by atoms with Gasteiger partial charge in [0, 0.05) is 8.60 Å². The normalized spacial score (nSPS) is 9.80. The molecule has 1 aromatic rings. The van der Waals surface area contributed by atoms with Crippen molar-refractivity contribution in [2.24, 2.45) is 0 Å². The van der Waals surface area contributed by atoms with Gasteiger partial charge in [0.15, 0.2) is 0 Å². The summed E-state index contributed by atoms with van der Waals surface area (Å²) in [6, 6.07) is 3.97. The summed E-state index contributed by atoms with van der Waals surface area (Å²) in [5.74, 6) is -0.654. The SMILES string of the molecule is C=C(Cl)CNC(=O)c1ccc(F)cc1I. The molecule has 0 saturated carbocycles. The van der Waals surface area contributed by atoms with E-state index in [1.165, 1.54) is 18.2 Å². The van der Waals surface area contributed by atoms with Gasteiger partial charge in [0.1, 0.15) is 5.82 Å². The summed E-state index contributed by atoms with van der Waals surface area (Å²) in [7, 11) is 0. The fourth-order valence-electron chi connectivity index (χ4n) is 0.945.